The van der Waals surface area contributed by atoms with Gasteiger partial charge in [0.25, 0.3) is 0 Å². The van der Waals surface area contributed by atoms with Gasteiger partial charge in [-0.2, -0.15) is 0 Å². The van der Waals surface area contributed by atoms with Crippen molar-refractivity contribution in [1.82, 2.24) is 0 Å². The molecular weight excluding hydrogens is 179 g/mol. The van der Waals surface area contributed by atoms with Crippen LogP contribution < -0.4 is 0 Å². The molecule has 0 aromatic rings. The van der Waals surface area contributed by atoms with Crippen molar-refractivity contribution in [2.24, 2.45) is 0 Å². The minimum absolute atomic E-state index is 0.140. The molecule has 4 nitrogen and oxygen atoms in total. The van der Waals surface area contributed by atoms with Crippen LogP contribution >= 0.6 is 8.25 Å². The first-order chi connectivity index (χ1) is 5.70. The van der Waals surface area contributed by atoms with Gasteiger partial charge in [0.2, 0.25) is 0 Å². The third-order valence-electron chi connectivity index (χ3n) is 1.41. The highest BCUT2D eigenvalue weighted by Gasteiger charge is 2.01. The molecule has 2 atom stereocenters. The maximum Gasteiger partial charge on any atom is 0.319 e. The van der Waals surface area contributed by atoms with E-state index in [4.69, 9.17) is 13.8 Å². The van der Waals surface area contributed by atoms with Gasteiger partial charge in [0.1, 0.15) is 0 Å². The van der Waals surface area contributed by atoms with E-state index >= 15 is 0 Å². The maximum absolute atomic E-state index is 10.8. The van der Waals surface area contributed by atoms with Gasteiger partial charge in [0.05, 0.1) is 19.3 Å². The summed E-state index contributed by atoms with van der Waals surface area (Å²) in [6, 6.07) is 0. The van der Waals surface area contributed by atoms with Crippen molar-refractivity contribution < 1.29 is 18.3 Å². The third kappa shape index (κ3) is 6.80. The summed E-state index contributed by atoms with van der Waals surface area (Å²) in [6.07, 6.45) is 0.876. The molecule has 0 radical (unpaired) electrons. The Bertz CT molecular complexity index is 129. The molecule has 0 rings (SSSR count). The van der Waals surface area contributed by atoms with E-state index in [1.165, 1.54) is 0 Å². The Morgan fingerprint density at radius 2 is 2.08 bits per heavy atom. The van der Waals surface area contributed by atoms with Crippen LogP contribution in [0.5, 0.6) is 0 Å². The van der Waals surface area contributed by atoms with Crippen LogP contribution in [0.1, 0.15) is 20.3 Å². The Morgan fingerprint density at radius 3 is 2.58 bits per heavy atom. The molecule has 0 amide bonds. The second kappa shape index (κ2) is 7.74. The molecule has 0 saturated heterocycles. The molecule has 5 heteroatoms. The minimum atomic E-state index is -2.25. The molecule has 0 aliphatic carbocycles. The summed E-state index contributed by atoms with van der Waals surface area (Å²) in [7, 11) is -0.615. The second-order valence-electron chi connectivity index (χ2n) is 2.37. The Balaban J connectivity index is 3.24. The molecule has 0 aromatic heterocycles. The summed E-state index contributed by atoms with van der Waals surface area (Å²) in [5.41, 5.74) is 0. The second-order valence-corrected chi connectivity index (χ2v) is 3.44. The summed E-state index contributed by atoms with van der Waals surface area (Å²) in [5.74, 6) is 0. The lowest BCUT2D eigenvalue weighted by atomic mass is 10.3. The van der Waals surface area contributed by atoms with Crippen molar-refractivity contribution in [2.75, 3.05) is 20.3 Å². The van der Waals surface area contributed by atoms with Gasteiger partial charge in [-0.05, 0) is 20.3 Å². The number of hydrogen-bond donors (Lipinski definition) is 0. The summed E-state index contributed by atoms with van der Waals surface area (Å²) in [6.45, 7) is 4.56. The highest BCUT2D eigenvalue weighted by molar-refractivity contribution is 7.33. The molecule has 74 valence electrons. The predicted octanol–water partition coefficient (Wildman–Crippen LogP) is 1.85. The molecule has 2 unspecified atom stereocenters. The van der Waals surface area contributed by atoms with E-state index in [-0.39, 0.29) is 6.10 Å². The summed E-state index contributed by atoms with van der Waals surface area (Å²) in [4.78, 5) is 0. The third-order valence-corrected chi connectivity index (χ3v) is 2.37. The molecule has 0 aliphatic rings. The SMILES string of the molecule is CCO[PH](=O)OCCC(C)OC. The average Bonchev–Trinajstić information content (AvgIpc) is 2.04. The van der Waals surface area contributed by atoms with Gasteiger partial charge in [-0.1, -0.05) is 0 Å². The van der Waals surface area contributed by atoms with Gasteiger partial charge in [-0.3, -0.25) is 4.57 Å². The molecule has 0 fully saturated rings. The van der Waals surface area contributed by atoms with Gasteiger partial charge in [-0.15, -0.1) is 0 Å². The normalized spacial score (nSPS) is 15.9. The van der Waals surface area contributed by atoms with Crippen molar-refractivity contribution >= 4 is 8.25 Å². The Hall–Kier alpha value is 0.110. The molecular formula is C7H17O4P. The quantitative estimate of drug-likeness (QED) is 0.583. The molecule has 0 aliphatic heterocycles. The first-order valence-corrected chi connectivity index (χ1v) is 5.25. The van der Waals surface area contributed by atoms with E-state index in [1.54, 1.807) is 14.0 Å². The number of hydrogen-bond acceptors (Lipinski definition) is 4. The fourth-order valence-electron chi connectivity index (χ4n) is 0.586. The largest absolute Gasteiger partial charge is 0.382 e. The molecule has 0 N–H and O–H groups in total. The van der Waals surface area contributed by atoms with E-state index in [0.29, 0.717) is 13.2 Å². The Labute approximate surface area is 74.1 Å². The summed E-state index contributed by atoms with van der Waals surface area (Å²) < 4.78 is 25.4. The van der Waals surface area contributed by atoms with Crippen LogP contribution in [-0.2, 0) is 18.3 Å². The average molecular weight is 196 g/mol. The minimum Gasteiger partial charge on any atom is -0.382 e. The van der Waals surface area contributed by atoms with Gasteiger partial charge in [0, 0.05) is 7.11 Å². The van der Waals surface area contributed by atoms with E-state index < -0.39 is 8.25 Å². The Morgan fingerprint density at radius 1 is 1.42 bits per heavy atom. The summed E-state index contributed by atoms with van der Waals surface area (Å²) in [5, 5.41) is 0. The fraction of sp³-hybridized carbons (Fsp3) is 1.00. The maximum atomic E-state index is 10.8. The molecule has 0 aromatic carbocycles. The molecule has 0 saturated carbocycles. The standard InChI is InChI=1S/C7H17O4P/c1-4-10-12(8)11-6-5-7(2)9-3/h7,12H,4-6H2,1-3H3. The predicted molar refractivity (Wildman–Crippen MR) is 47.7 cm³/mol. The van der Waals surface area contributed by atoms with Crippen LogP contribution in [-0.4, -0.2) is 26.4 Å². The first kappa shape index (κ1) is 12.1. The van der Waals surface area contributed by atoms with Gasteiger partial charge in [0.15, 0.2) is 0 Å². The molecule has 0 bridgehead atoms. The van der Waals surface area contributed by atoms with Crippen LogP contribution in [0.2, 0.25) is 0 Å². The number of methoxy groups -OCH3 is 1. The number of rotatable bonds is 7. The zero-order chi connectivity index (χ0) is 9.40. The van der Waals surface area contributed by atoms with E-state index in [9.17, 15) is 4.57 Å². The smallest absolute Gasteiger partial charge is 0.319 e. The van der Waals surface area contributed by atoms with Gasteiger partial charge < -0.3 is 13.8 Å². The summed E-state index contributed by atoms with van der Waals surface area (Å²) >= 11 is 0. The van der Waals surface area contributed by atoms with Gasteiger partial charge in [-0.25, -0.2) is 0 Å². The van der Waals surface area contributed by atoms with E-state index in [2.05, 4.69) is 0 Å². The zero-order valence-electron chi connectivity index (χ0n) is 7.83. The highest BCUT2D eigenvalue weighted by atomic mass is 31.1. The fourth-order valence-corrected chi connectivity index (χ4v) is 1.19. The van der Waals surface area contributed by atoms with Gasteiger partial charge >= 0.3 is 8.25 Å². The highest BCUT2D eigenvalue weighted by Crippen LogP contribution is 2.23. The lowest BCUT2D eigenvalue weighted by molar-refractivity contribution is 0.0934. The lowest BCUT2D eigenvalue weighted by Gasteiger charge is -2.08. The van der Waals surface area contributed by atoms with Crippen LogP contribution in [0.15, 0.2) is 0 Å². The zero-order valence-corrected chi connectivity index (χ0v) is 8.83. The molecule has 0 spiro atoms. The van der Waals surface area contributed by atoms with Crippen molar-refractivity contribution in [1.29, 1.82) is 0 Å². The topological polar surface area (TPSA) is 44.8 Å². The number of ether oxygens (including phenoxy) is 1. The molecule has 12 heavy (non-hydrogen) atoms. The van der Waals surface area contributed by atoms with Crippen LogP contribution in [0.25, 0.3) is 0 Å². The van der Waals surface area contributed by atoms with E-state index in [1.807, 2.05) is 6.92 Å². The van der Waals surface area contributed by atoms with Crippen molar-refractivity contribution in [3.8, 4) is 0 Å². The van der Waals surface area contributed by atoms with Crippen LogP contribution in [0.4, 0.5) is 0 Å². The molecule has 0 heterocycles. The van der Waals surface area contributed by atoms with Crippen molar-refractivity contribution in [3.05, 3.63) is 0 Å². The van der Waals surface area contributed by atoms with Crippen LogP contribution in [0, 0.1) is 0 Å². The lowest BCUT2D eigenvalue weighted by Crippen LogP contribution is -2.07. The first-order valence-electron chi connectivity index (χ1n) is 4.03. The van der Waals surface area contributed by atoms with E-state index in [0.717, 1.165) is 6.42 Å². The monoisotopic (exact) mass is 196 g/mol. The van der Waals surface area contributed by atoms with Crippen molar-refractivity contribution in [2.45, 2.75) is 26.4 Å². The Kier molecular flexibility index (Phi) is 7.81. The van der Waals surface area contributed by atoms with Crippen LogP contribution in [0.3, 0.4) is 0 Å². The van der Waals surface area contributed by atoms with Crippen molar-refractivity contribution in [3.63, 3.8) is 0 Å².